The second kappa shape index (κ2) is 7.76. The molecular formula is C19H18N6O3S. The number of H-pyrrole nitrogens is 3. The Morgan fingerprint density at radius 1 is 1.17 bits per heavy atom. The predicted octanol–water partition coefficient (Wildman–Crippen LogP) is 2.81. The van der Waals surface area contributed by atoms with Crippen molar-refractivity contribution in [3.05, 3.63) is 57.7 Å². The van der Waals surface area contributed by atoms with Crippen LogP contribution in [0, 0.1) is 4.77 Å². The van der Waals surface area contributed by atoms with Gasteiger partial charge in [0.05, 0.1) is 18.1 Å². The largest absolute Gasteiger partial charge is 0.497 e. The number of fused-ring (bicyclic) bond motifs is 1. The highest BCUT2D eigenvalue weighted by molar-refractivity contribution is 7.71. The predicted molar refractivity (Wildman–Crippen MR) is 112 cm³/mol. The minimum absolute atomic E-state index is 0.175. The Labute approximate surface area is 169 Å². The number of hydrogen-bond donors (Lipinski definition) is 4. The third-order valence-corrected chi connectivity index (χ3v) is 4.78. The lowest BCUT2D eigenvalue weighted by Crippen LogP contribution is -2.15. The molecule has 2 aromatic heterocycles. The van der Waals surface area contributed by atoms with Crippen LogP contribution in [0.5, 0.6) is 5.75 Å². The van der Waals surface area contributed by atoms with E-state index in [4.69, 9.17) is 17.0 Å². The zero-order valence-corrected chi connectivity index (χ0v) is 16.3. The Kier molecular flexibility index (Phi) is 5.00. The summed E-state index contributed by atoms with van der Waals surface area (Å²) >= 11 is 5.31. The highest BCUT2D eigenvalue weighted by Crippen LogP contribution is 2.21. The maximum absolute atomic E-state index is 12.4. The van der Waals surface area contributed by atoms with Crippen molar-refractivity contribution >= 4 is 34.8 Å². The maximum atomic E-state index is 12.4. The molecule has 0 atom stereocenters. The van der Waals surface area contributed by atoms with Crippen LogP contribution in [0.25, 0.3) is 22.4 Å². The number of benzene rings is 2. The molecule has 0 fully saturated rings. The highest BCUT2D eigenvalue weighted by Gasteiger charge is 2.11. The molecule has 1 amide bonds. The quantitative estimate of drug-likeness (QED) is 0.364. The normalized spacial score (nSPS) is 10.9. The van der Waals surface area contributed by atoms with E-state index in [1.165, 1.54) is 0 Å². The van der Waals surface area contributed by atoms with Crippen LogP contribution in [-0.4, -0.2) is 37.7 Å². The summed E-state index contributed by atoms with van der Waals surface area (Å²) in [4.78, 5) is 29.1. The number of anilines is 1. The third-order valence-electron chi connectivity index (χ3n) is 4.47. The summed E-state index contributed by atoms with van der Waals surface area (Å²) < 4.78 is 7.40. The van der Waals surface area contributed by atoms with E-state index >= 15 is 0 Å². The number of hydrogen-bond acceptors (Lipinski definition) is 5. The lowest BCUT2D eigenvalue weighted by Gasteiger charge is -2.09. The van der Waals surface area contributed by atoms with Crippen molar-refractivity contribution in [3.8, 4) is 17.1 Å². The number of carbonyl (C=O) groups excluding carboxylic acids is 1. The first-order valence-electron chi connectivity index (χ1n) is 8.85. The van der Waals surface area contributed by atoms with Gasteiger partial charge in [-0.3, -0.25) is 14.5 Å². The van der Waals surface area contributed by atoms with Crippen molar-refractivity contribution in [2.45, 2.75) is 13.0 Å². The minimum atomic E-state index is -0.288. The van der Waals surface area contributed by atoms with Crippen molar-refractivity contribution in [1.29, 1.82) is 0 Å². The van der Waals surface area contributed by atoms with Crippen LogP contribution in [0.3, 0.4) is 0 Å². The van der Waals surface area contributed by atoms with E-state index in [1.807, 2.05) is 24.3 Å². The number of amides is 1. The summed E-state index contributed by atoms with van der Waals surface area (Å²) in [7, 11) is 1.61. The second-order valence-electron chi connectivity index (χ2n) is 6.37. The number of imidazole rings is 1. The van der Waals surface area contributed by atoms with E-state index in [-0.39, 0.29) is 18.0 Å². The molecule has 148 valence electrons. The molecular weight excluding hydrogens is 392 g/mol. The van der Waals surface area contributed by atoms with Crippen LogP contribution in [0.4, 0.5) is 5.69 Å². The average Bonchev–Trinajstić information content (AvgIpc) is 3.27. The molecule has 0 aliphatic carbocycles. The SMILES string of the molecule is COc1ccc(-c2n[nH]c(=S)n2CCC(=O)Nc2ccc3[nH]c(=O)[nH]c3c2)cc1. The lowest BCUT2D eigenvalue weighted by molar-refractivity contribution is -0.116. The zero-order valence-electron chi connectivity index (χ0n) is 15.5. The number of carbonyl (C=O) groups is 1. The van der Waals surface area contributed by atoms with E-state index in [1.54, 1.807) is 29.9 Å². The van der Waals surface area contributed by atoms with E-state index in [9.17, 15) is 9.59 Å². The summed E-state index contributed by atoms with van der Waals surface area (Å²) in [6.07, 6.45) is 0.207. The fourth-order valence-corrected chi connectivity index (χ4v) is 3.26. The molecule has 4 rings (SSSR count). The van der Waals surface area contributed by atoms with Gasteiger partial charge in [-0.2, -0.15) is 5.10 Å². The first-order valence-corrected chi connectivity index (χ1v) is 9.26. The van der Waals surface area contributed by atoms with Crippen molar-refractivity contribution in [3.63, 3.8) is 0 Å². The summed E-state index contributed by atoms with van der Waals surface area (Å²) in [6.45, 7) is 0.367. The molecule has 2 aromatic carbocycles. The molecule has 0 unspecified atom stereocenters. The lowest BCUT2D eigenvalue weighted by atomic mass is 10.2. The Morgan fingerprint density at radius 3 is 2.69 bits per heavy atom. The number of nitrogens with zero attached hydrogens (tertiary/aromatic N) is 2. The highest BCUT2D eigenvalue weighted by atomic mass is 32.1. The molecule has 9 nitrogen and oxygen atoms in total. The Hall–Kier alpha value is -3.66. The van der Waals surface area contributed by atoms with Crippen LogP contribution in [-0.2, 0) is 11.3 Å². The smallest absolute Gasteiger partial charge is 0.323 e. The Bertz CT molecular complexity index is 1280. The fourth-order valence-electron chi connectivity index (χ4n) is 3.03. The van der Waals surface area contributed by atoms with E-state index in [0.717, 1.165) is 11.3 Å². The van der Waals surface area contributed by atoms with Gasteiger partial charge in [0.15, 0.2) is 10.6 Å². The summed E-state index contributed by atoms with van der Waals surface area (Å²) in [5.74, 6) is 1.22. The number of methoxy groups -OCH3 is 1. The van der Waals surface area contributed by atoms with Gasteiger partial charge >= 0.3 is 5.69 Å². The van der Waals surface area contributed by atoms with Gasteiger partial charge in [0, 0.05) is 24.2 Å². The van der Waals surface area contributed by atoms with Crippen LogP contribution >= 0.6 is 12.2 Å². The molecule has 0 aliphatic heterocycles. The maximum Gasteiger partial charge on any atom is 0.323 e. The van der Waals surface area contributed by atoms with Gasteiger partial charge in [-0.25, -0.2) is 4.79 Å². The van der Waals surface area contributed by atoms with Crippen LogP contribution < -0.4 is 15.7 Å². The second-order valence-corrected chi connectivity index (χ2v) is 6.76. The first-order chi connectivity index (χ1) is 14.0. The van der Waals surface area contributed by atoms with Gasteiger partial charge in [0.2, 0.25) is 5.91 Å². The number of aromatic amines is 3. The van der Waals surface area contributed by atoms with Gasteiger partial charge in [-0.05, 0) is 54.7 Å². The molecule has 4 aromatic rings. The van der Waals surface area contributed by atoms with Gasteiger partial charge in [0.25, 0.3) is 0 Å². The number of ether oxygens (including phenoxy) is 1. The molecule has 0 radical (unpaired) electrons. The van der Waals surface area contributed by atoms with Crippen LogP contribution in [0.2, 0.25) is 0 Å². The van der Waals surface area contributed by atoms with E-state index in [2.05, 4.69) is 25.5 Å². The molecule has 10 heteroatoms. The standard InChI is InChI=1S/C19H18N6O3S/c1-28-13-5-2-11(3-6-13)17-23-24-19(29)25(17)9-8-16(26)20-12-4-7-14-15(10-12)22-18(27)21-14/h2-7,10H,8-9H2,1H3,(H,20,26)(H,24,29)(H2,21,22,27). The van der Waals surface area contributed by atoms with Crippen molar-refractivity contribution in [2.75, 3.05) is 12.4 Å². The van der Waals surface area contributed by atoms with Gasteiger partial charge in [-0.15, -0.1) is 0 Å². The van der Waals surface area contributed by atoms with Crippen molar-refractivity contribution < 1.29 is 9.53 Å². The molecule has 0 spiro atoms. The molecule has 2 heterocycles. The molecule has 29 heavy (non-hydrogen) atoms. The Balaban J connectivity index is 1.46. The number of aromatic nitrogens is 5. The molecule has 0 aliphatic rings. The Morgan fingerprint density at radius 2 is 1.93 bits per heavy atom. The fraction of sp³-hybridized carbons (Fsp3) is 0.158. The summed E-state index contributed by atoms with van der Waals surface area (Å²) in [5, 5.41) is 9.88. The first kappa shape index (κ1) is 18.7. The zero-order chi connectivity index (χ0) is 20.4. The van der Waals surface area contributed by atoms with Crippen LogP contribution in [0.15, 0.2) is 47.3 Å². The topological polar surface area (TPSA) is 121 Å². The average molecular weight is 410 g/mol. The monoisotopic (exact) mass is 410 g/mol. The summed E-state index contributed by atoms with van der Waals surface area (Å²) in [5.41, 5.74) is 2.49. The van der Waals surface area contributed by atoms with Gasteiger partial charge in [-0.1, -0.05) is 0 Å². The molecule has 0 bridgehead atoms. The van der Waals surface area contributed by atoms with E-state index in [0.29, 0.717) is 33.9 Å². The van der Waals surface area contributed by atoms with Gasteiger partial charge in [0.1, 0.15) is 5.75 Å². The number of nitrogens with one attached hydrogen (secondary N) is 4. The van der Waals surface area contributed by atoms with Crippen LogP contribution in [0.1, 0.15) is 6.42 Å². The molecule has 4 N–H and O–H groups in total. The summed E-state index contributed by atoms with van der Waals surface area (Å²) in [6, 6.07) is 12.6. The number of rotatable bonds is 6. The molecule has 0 saturated carbocycles. The third kappa shape index (κ3) is 3.97. The van der Waals surface area contributed by atoms with E-state index < -0.39 is 0 Å². The minimum Gasteiger partial charge on any atom is -0.497 e. The van der Waals surface area contributed by atoms with Crippen molar-refractivity contribution in [2.24, 2.45) is 0 Å². The van der Waals surface area contributed by atoms with Gasteiger partial charge < -0.3 is 20.0 Å². The van der Waals surface area contributed by atoms with Crippen molar-refractivity contribution in [1.82, 2.24) is 24.7 Å². The molecule has 0 saturated heterocycles.